The van der Waals surface area contributed by atoms with Crippen molar-refractivity contribution in [2.24, 2.45) is 7.05 Å². The van der Waals surface area contributed by atoms with Gasteiger partial charge in [-0.25, -0.2) is 4.68 Å². The van der Waals surface area contributed by atoms with Gasteiger partial charge in [0.1, 0.15) is 12.1 Å². The van der Waals surface area contributed by atoms with E-state index in [1.807, 2.05) is 75.0 Å². The number of carbonyl (C=O) groups is 3. The van der Waals surface area contributed by atoms with Crippen molar-refractivity contribution in [1.82, 2.24) is 24.9 Å². The predicted molar refractivity (Wildman–Crippen MR) is 146 cm³/mol. The van der Waals surface area contributed by atoms with Gasteiger partial charge in [-0.2, -0.15) is 0 Å². The van der Waals surface area contributed by atoms with Crippen LogP contribution in [0.15, 0.2) is 66.9 Å². The molecule has 10 heteroatoms. The first-order valence-corrected chi connectivity index (χ1v) is 12.5. The number of para-hydroxylation sites is 1. The van der Waals surface area contributed by atoms with Gasteiger partial charge in [-0.1, -0.05) is 24.3 Å². The number of aromatic nitrogens is 4. The third kappa shape index (κ3) is 5.74. The molecule has 0 radical (unpaired) electrons. The van der Waals surface area contributed by atoms with Gasteiger partial charge < -0.3 is 15.2 Å². The molecule has 0 saturated heterocycles. The topological polar surface area (TPSA) is 114 Å². The van der Waals surface area contributed by atoms with E-state index < -0.39 is 11.6 Å². The number of benzene rings is 2. The molecular formula is C28H33N7O3. The zero-order chi connectivity index (χ0) is 27.4. The van der Waals surface area contributed by atoms with Crippen molar-refractivity contribution >= 4 is 40.1 Å². The first-order valence-electron chi connectivity index (χ1n) is 12.5. The second-order valence-corrected chi connectivity index (χ2v) is 9.90. The van der Waals surface area contributed by atoms with Gasteiger partial charge in [-0.3, -0.25) is 19.3 Å². The van der Waals surface area contributed by atoms with Crippen molar-refractivity contribution in [3.63, 3.8) is 0 Å². The summed E-state index contributed by atoms with van der Waals surface area (Å²) in [5.41, 5.74) is 2.65. The summed E-state index contributed by atoms with van der Waals surface area (Å²) in [7, 11) is 1.84. The molecule has 38 heavy (non-hydrogen) atoms. The molecule has 3 amide bonds. The molecule has 0 aliphatic rings. The third-order valence-electron chi connectivity index (χ3n) is 6.56. The van der Waals surface area contributed by atoms with Gasteiger partial charge in [-0.05, 0) is 68.8 Å². The Bertz CT molecular complexity index is 1450. The number of nitrogens with one attached hydrogen (secondary N) is 2. The van der Waals surface area contributed by atoms with E-state index in [2.05, 4.69) is 20.9 Å². The molecular weight excluding hydrogens is 482 g/mol. The average Bonchev–Trinajstić information content (AvgIpc) is 3.48. The Morgan fingerprint density at radius 2 is 1.74 bits per heavy atom. The Labute approximate surface area is 221 Å². The molecule has 2 aromatic carbocycles. The fourth-order valence-corrected chi connectivity index (χ4v) is 4.22. The molecule has 0 spiro atoms. The van der Waals surface area contributed by atoms with Gasteiger partial charge in [-0.15, -0.1) is 5.10 Å². The van der Waals surface area contributed by atoms with Crippen molar-refractivity contribution in [1.29, 1.82) is 0 Å². The van der Waals surface area contributed by atoms with Crippen molar-refractivity contribution in [3.8, 4) is 0 Å². The summed E-state index contributed by atoms with van der Waals surface area (Å²) in [6, 6.07) is 17.0. The Kier molecular flexibility index (Phi) is 7.61. The van der Waals surface area contributed by atoms with Gasteiger partial charge in [0.05, 0.1) is 11.2 Å². The Hall–Kier alpha value is -4.47. The summed E-state index contributed by atoms with van der Waals surface area (Å²) in [6.07, 6.45) is 2.55. The summed E-state index contributed by atoms with van der Waals surface area (Å²) < 4.78 is 3.37. The average molecular weight is 516 g/mol. The molecule has 10 nitrogen and oxygen atoms in total. The highest BCUT2D eigenvalue weighted by atomic mass is 16.2. The fourth-order valence-electron chi connectivity index (χ4n) is 4.22. The molecule has 2 heterocycles. The van der Waals surface area contributed by atoms with E-state index in [-0.39, 0.29) is 24.3 Å². The highest BCUT2D eigenvalue weighted by molar-refractivity contribution is 6.02. The van der Waals surface area contributed by atoms with Gasteiger partial charge in [0.25, 0.3) is 0 Å². The van der Waals surface area contributed by atoms with Crippen molar-refractivity contribution in [2.75, 3.05) is 10.2 Å². The SMILES string of the molecule is CCC(C)(C)NC(=O)[C@@H](c1cccn1C)N(C(=O)Cn1nnc2ccccc21)c1ccc(NC(C)=O)cc1. The molecule has 0 unspecified atom stereocenters. The monoisotopic (exact) mass is 515 g/mol. The number of nitrogens with zero attached hydrogens (tertiary/aromatic N) is 5. The molecule has 198 valence electrons. The predicted octanol–water partition coefficient (Wildman–Crippen LogP) is 3.81. The van der Waals surface area contributed by atoms with E-state index >= 15 is 0 Å². The molecule has 0 aliphatic heterocycles. The largest absolute Gasteiger partial charge is 0.352 e. The minimum atomic E-state index is -0.963. The number of fused-ring (bicyclic) bond motifs is 1. The zero-order valence-electron chi connectivity index (χ0n) is 22.3. The highest BCUT2D eigenvalue weighted by Gasteiger charge is 2.36. The Morgan fingerprint density at radius 1 is 1.03 bits per heavy atom. The van der Waals surface area contributed by atoms with Crippen LogP contribution in [0.1, 0.15) is 45.9 Å². The number of aryl methyl sites for hydroxylation is 1. The number of anilines is 2. The van der Waals surface area contributed by atoms with Gasteiger partial charge in [0.2, 0.25) is 17.7 Å². The van der Waals surface area contributed by atoms with Crippen LogP contribution in [-0.4, -0.2) is 42.8 Å². The van der Waals surface area contributed by atoms with E-state index in [0.717, 1.165) is 0 Å². The number of rotatable bonds is 9. The summed E-state index contributed by atoms with van der Waals surface area (Å²) >= 11 is 0. The zero-order valence-corrected chi connectivity index (χ0v) is 22.3. The van der Waals surface area contributed by atoms with Crippen LogP contribution in [0.25, 0.3) is 11.0 Å². The molecule has 0 fully saturated rings. The lowest BCUT2D eigenvalue weighted by molar-refractivity contribution is -0.128. The normalized spacial score (nSPS) is 12.2. The minimum Gasteiger partial charge on any atom is -0.352 e. The summed E-state index contributed by atoms with van der Waals surface area (Å²) in [6.45, 7) is 7.19. The van der Waals surface area contributed by atoms with Gasteiger partial charge in [0, 0.05) is 37.1 Å². The lowest BCUT2D eigenvalue weighted by atomic mass is 10.00. The van der Waals surface area contributed by atoms with E-state index in [1.54, 1.807) is 24.3 Å². The van der Waals surface area contributed by atoms with Crippen LogP contribution in [0.5, 0.6) is 0 Å². The van der Waals surface area contributed by atoms with Crippen LogP contribution in [0.3, 0.4) is 0 Å². The number of amides is 3. The summed E-state index contributed by atoms with van der Waals surface area (Å²) in [5, 5.41) is 14.2. The Balaban J connectivity index is 1.80. The van der Waals surface area contributed by atoms with Crippen LogP contribution in [0.2, 0.25) is 0 Å². The molecule has 4 aromatic rings. The van der Waals surface area contributed by atoms with Crippen LogP contribution in [-0.2, 0) is 28.0 Å². The lowest BCUT2D eigenvalue weighted by Gasteiger charge is -2.34. The molecule has 2 N–H and O–H groups in total. The van der Waals surface area contributed by atoms with Crippen molar-refractivity contribution in [2.45, 2.75) is 52.2 Å². The molecule has 0 saturated carbocycles. The standard InChI is InChI=1S/C28H33N7O3/c1-6-28(3,4)30-27(38)26(24-12-9-17-33(24)5)35(21-15-13-20(14-16-21)29-19(2)36)25(37)18-34-23-11-8-7-10-22(23)31-32-34/h7-17,26H,6,18H2,1-5H3,(H,29,36)(H,30,38)/t26-/m1/s1. The second-order valence-electron chi connectivity index (χ2n) is 9.90. The maximum absolute atomic E-state index is 14.1. The Morgan fingerprint density at radius 3 is 2.37 bits per heavy atom. The second kappa shape index (κ2) is 10.9. The van der Waals surface area contributed by atoms with Gasteiger partial charge >= 0.3 is 0 Å². The molecule has 1 atom stereocenters. The smallest absolute Gasteiger partial charge is 0.249 e. The molecule has 0 bridgehead atoms. The third-order valence-corrected chi connectivity index (χ3v) is 6.56. The first kappa shape index (κ1) is 26.6. The first-order chi connectivity index (χ1) is 18.1. The number of carbonyl (C=O) groups excluding carboxylic acids is 3. The van der Waals surface area contributed by atoms with Crippen molar-refractivity contribution < 1.29 is 14.4 Å². The number of hydrogen-bond donors (Lipinski definition) is 2. The molecule has 0 aliphatic carbocycles. The minimum absolute atomic E-state index is 0.126. The summed E-state index contributed by atoms with van der Waals surface area (Å²) in [4.78, 5) is 41.0. The van der Waals surface area contributed by atoms with Crippen LogP contribution >= 0.6 is 0 Å². The lowest BCUT2D eigenvalue weighted by Crippen LogP contribution is -2.51. The molecule has 4 rings (SSSR count). The van der Waals surface area contributed by atoms with E-state index in [1.165, 1.54) is 16.5 Å². The van der Waals surface area contributed by atoms with Crippen molar-refractivity contribution in [3.05, 3.63) is 72.6 Å². The quantitative estimate of drug-likeness (QED) is 0.352. The van der Waals surface area contributed by atoms with Crippen LogP contribution < -0.4 is 15.5 Å². The van der Waals surface area contributed by atoms with Gasteiger partial charge in [0.15, 0.2) is 6.04 Å². The van der Waals surface area contributed by atoms with Crippen LogP contribution in [0, 0.1) is 0 Å². The van der Waals surface area contributed by atoms with E-state index in [4.69, 9.17) is 0 Å². The highest BCUT2D eigenvalue weighted by Crippen LogP contribution is 2.30. The molecule has 2 aromatic heterocycles. The van der Waals surface area contributed by atoms with Crippen LogP contribution in [0.4, 0.5) is 11.4 Å². The maximum Gasteiger partial charge on any atom is 0.249 e. The fraction of sp³-hybridized carbons (Fsp3) is 0.321. The summed E-state index contributed by atoms with van der Waals surface area (Å²) in [5.74, 6) is -0.850. The van der Waals surface area contributed by atoms with E-state index in [0.29, 0.717) is 34.5 Å². The van der Waals surface area contributed by atoms with E-state index in [9.17, 15) is 14.4 Å². The number of hydrogen-bond acceptors (Lipinski definition) is 5. The maximum atomic E-state index is 14.1.